The summed E-state index contributed by atoms with van der Waals surface area (Å²) in [5, 5.41) is 19.1. The summed E-state index contributed by atoms with van der Waals surface area (Å²) in [4.78, 5) is 16.0. The van der Waals surface area contributed by atoms with Gasteiger partial charge in [0.2, 0.25) is 0 Å². The number of esters is 1. The Bertz CT molecular complexity index is 515. The Balaban J connectivity index is 1.69. The van der Waals surface area contributed by atoms with Crippen molar-refractivity contribution in [2.45, 2.75) is 13.0 Å². The van der Waals surface area contributed by atoms with Gasteiger partial charge >= 0.3 is 5.97 Å². The highest BCUT2D eigenvalue weighted by Gasteiger charge is 2.19. The van der Waals surface area contributed by atoms with Crippen LogP contribution in [-0.2, 0) is 4.74 Å². The maximum absolute atomic E-state index is 11.6. The fourth-order valence-electron chi connectivity index (χ4n) is 2.78. The van der Waals surface area contributed by atoms with E-state index in [1.165, 1.54) is 0 Å². The number of β-amino-alcohol motifs (C(OH)–C–C–N with tert-alkyl or cyclic N) is 2. The molecule has 2 N–H and O–H groups in total. The number of ether oxygens (including phenoxy) is 2. The standard InChI is InChI=1S/C18H28N2O5/c1-2-24-18(23)15-3-5-17(6-4-15)25-14-16(22)13-20-9-7-19(8-10-20)11-12-21/h3-6,16,21-22H,2,7-14H2,1H3. The normalized spacial score (nSPS) is 17.2. The molecule has 0 amide bonds. The fourth-order valence-corrected chi connectivity index (χ4v) is 2.78. The van der Waals surface area contributed by atoms with E-state index in [-0.39, 0.29) is 19.2 Å². The van der Waals surface area contributed by atoms with Crippen LogP contribution in [0.4, 0.5) is 0 Å². The molecule has 0 spiro atoms. The first kappa shape index (κ1) is 19.7. The van der Waals surface area contributed by atoms with Gasteiger partial charge in [0.25, 0.3) is 0 Å². The van der Waals surface area contributed by atoms with Crippen LogP contribution in [0.25, 0.3) is 0 Å². The van der Waals surface area contributed by atoms with Crippen LogP contribution in [-0.4, -0.2) is 91.2 Å². The number of piperazine rings is 1. The molecule has 0 bridgehead atoms. The molecule has 7 nitrogen and oxygen atoms in total. The molecule has 1 aromatic rings. The van der Waals surface area contributed by atoms with Crippen LogP contribution < -0.4 is 4.74 Å². The van der Waals surface area contributed by atoms with Crippen LogP contribution in [0.15, 0.2) is 24.3 Å². The molecule has 0 radical (unpaired) electrons. The summed E-state index contributed by atoms with van der Waals surface area (Å²) in [5.41, 5.74) is 0.482. The van der Waals surface area contributed by atoms with Gasteiger partial charge in [-0.05, 0) is 31.2 Å². The summed E-state index contributed by atoms with van der Waals surface area (Å²) in [5.74, 6) is 0.259. The molecule has 0 aromatic heterocycles. The van der Waals surface area contributed by atoms with E-state index < -0.39 is 6.10 Å². The fraction of sp³-hybridized carbons (Fsp3) is 0.611. The first-order valence-corrected chi connectivity index (χ1v) is 8.76. The predicted octanol–water partition coefficient (Wildman–Crippen LogP) is 0.213. The molecule has 1 atom stereocenters. The second-order valence-corrected chi connectivity index (χ2v) is 6.08. The van der Waals surface area contributed by atoms with Crippen LogP contribution in [0.2, 0.25) is 0 Å². The van der Waals surface area contributed by atoms with Crippen molar-refractivity contribution in [3.05, 3.63) is 29.8 Å². The van der Waals surface area contributed by atoms with Crippen molar-refractivity contribution in [1.29, 1.82) is 0 Å². The minimum Gasteiger partial charge on any atom is -0.491 e. The van der Waals surface area contributed by atoms with Gasteiger partial charge in [-0.15, -0.1) is 0 Å². The molecule has 25 heavy (non-hydrogen) atoms. The van der Waals surface area contributed by atoms with Crippen molar-refractivity contribution >= 4 is 5.97 Å². The number of hydrogen-bond donors (Lipinski definition) is 2. The summed E-state index contributed by atoms with van der Waals surface area (Å²) in [6, 6.07) is 6.71. The number of hydrogen-bond acceptors (Lipinski definition) is 7. The van der Waals surface area contributed by atoms with Gasteiger partial charge in [-0.1, -0.05) is 0 Å². The molecule has 2 rings (SSSR count). The number of nitrogens with zero attached hydrogens (tertiary/aromatic N) is 2. The second kappa shape index (κ2) is 10.4. The van der Waals surface area contributed by atoms with Crippen LogP contribution in [0.3, 0.4) is 0 Å². The van der Waals surface area contributed by atoms with E-state index in [2.05, 4.69) is 9.80 Å². The first-order chi connectivity index (χ1) is 12.1. The Labute approximate surface area is 148 Å². The van der Waals surface area contributed by atoms with E-state index >= 15 is 0 Å². The van der Waals surface area contributed by atoms with Gasteiger partial charge in [0.1, 0.15) is 18.5 Å². The minimum absolute atomic E-state index is 0.186. The van der Waals surface area contributed by atoms with Crippen LogP contribution in [0.5, 0.6) is 5.75 Å². The van der Waals surface area contributed by atoms with Crippen molar-refractivity contribution in [3.8, 4) is 5.75 Å². The topological polar surface area (TPSA) is 82.5 Å². The smallest absolute Gasteiger partial charge is 0.338 e. The summed E-state index contributed by atoms with van der Waals surface area (Å²) in [6.45, 7) is 7.35. The zero-order chi connectivity index (χ0) is 18.1. The molecule has 7 heteroatoms. The molecule has 0 saturated carbocycles. The average molecular weight is 352 g/mol. The van der Waals surface area contributed by atoms with Gasteiger partial charge in [-0.3, -0.25) is 9.80 Å². The second-order valence-electron chi connectivity index (χ2n) is 6.08. The van der Waals surface area contributed by atoms with E-state index in [0.717, 1.165) is 26.2 Å². The molecule has 1 heterocycles. The Kier molecular flexibility index (Phi) is 8.14. The third-order valence-corrected chi connectivity index (χ3v) is 4.16. The van der Waals surface area contributed by atoms with Crippen molar-refractivity contribution in [1.82, 2.24) is 9.80 Å². The Morgan fingerprint density at radius 2 is 1.80 bits per heavy atom. The highest BCUT2D eigenvalue weighted by molar-refractivity contribution is 5.89. The minimum atomic E-state index is -0.575. The molecule has 140 valence electrons. The number of carbonyl (C=O) groups excluding carboxylic acids is 1. The summed E-state index contributed by atoms with van der Waals surface area (Å²) in [6.07, 6.45) is -0.575. The molecule has 1 unspecified atom stereocenters. The average Bonchev–Trinajstić information content (AvgIpc) is 2.62. The highest BCUT2D eigenvalue weighted by atomic mass is 16.5. The SMILES string of the molecule is CCOC(=O)c1ccc(OCC(O)CN2CCN(CCO)CC2)cc1. The lowest BCUT2D eigenvalue weighted by molar-refractivity contribution is 0.0428. The lowest BCUT2D eigenvalue weighted by Crippen LogP contribution is -2.49. The number of rotatable bonds is 9. The highest BCUT2D eigenvalue weighted by Crippen LogP contribution is 2.13. The van der Waals surface area contributed by atoms with Gasteiger partial charge in [-0.25, -0.2) is 4.79 Å². The van der Waals surface area contributed by atoms with Crippen molar-refractivity contribution in [2.24, 2.45) is 0 Å². The quantitative estimate of drug-likeness (QED) is 0.615. The maximum atomic E-state index is 11.6. The zero-order valence-corrected chi connectivity index (χ0v) is 14.8. The maximum Gasteiger partial charge on any atom is 0.338 e. The Morgan fingerprint density at radius 1 is 1.16 bits per heavy atom. The van der Waals surface area contributed by atoms with E-state index in [1.807, 2.05) is 0 Å². The Morgan fingerprint density at radius 3 is 2.40 bits per heavy atom. The lowest BCUT2D eigenvalue weighted by atomic mass is 10.2. The number of benzene rings is 1. The van der Waals surface area contributed by atoms with Gasteiger partial charge in [-0.2, -0.15) is 0 Å². The zero-order valence-electron chi connectivity index (χ0n) is 14.8. The number of carbonyl (C=O) groups is 1. The van der Waals surface area contributed by atoms with E-state index in [4.69, 9.17) is 14.6 Å². The molecule has 1 fully saturated rings. The van der Waals surface area contributed by atoms with Gasteiger partial charge in [0, 0.05) is 39.3 Å². The first-order valence-electron chi connectivity index (χ1n) is 8.76. The third-order valence-electron chi connectivity index (χ3n) is 4.16. The van der Waals surface area contributed by atoms with Gasteiger partial charge in [0.15, 0.2) is 0 Å². The predicted molar refractivity (Wildman–Crippen MR) is 93.9 cm³/mol. The summed E-state index contributed by atoms with van der Waals surface area (Å²) < 4.78 is 10.5. The van der Waals surface area contributed by atoms with Crippen LogP contribution in [0, 0.1) is 0 Å². The third kappa shape index (κ3) is 6.62. The summed E-state index contributed by atoms with van der Waals surface area (Å²) in [7, 11) is 0. The molecule has 1 aromatic carbocycles. The molecule has 1 aliphatic heterocycles. The van der Waals surface area contributed by atoms with E-state index in [0.29, 0.717) is 31.0 Å². The lowest BCUT2D eigenvalue weighted by Gasteiger charge is -2.35. The summed E-state index contributed by atoms with van der Waals surface area (Å²) >= 11 is 0. The molecule has 0 aliphatic carbocycles. The molecular formula is C18H28N2O5. The van der Waals surface area contributed by atoms with Gasteiger partial charge < -0.3 is 19.7 Å². The number of aliphatic hydroxyl groups excluding tert-OH is 2. The molecule has 1 saturated heterocycles. The van der Waals surface area contributed by atoms with Crippen LogP contribution >= 0.6 is 0 Å². The van der Waals surface area contributed by atoms with Crippen molar-refractivity contribution in [2.75, 3.05) is 59.1 Å². The molecule has 1 aliphatic rings. The van der Waals surface area contributed by atoms with Crippen LogP contribution in [0.1, 0.15) is 17.3 Å². The van der Waals surface area contributed by atoms with E-state index in [1.54, 1.807) is 31.2 Å². The largest absolute Gasteiger partial charge is 0.491 e. The number of aliphatic hydroxyl groups is 2. The monoisotopic (exact) mass is 352 g/mol. The molecular weight excluding hydrogens is 324 g/mol. The van der Waals surface area contributed by atoms with E-state index in [9.17, 15) is 9.90 Å². The van der Waals surface area contributed by atoms with Gasteiger partial charge in [0.05, 0.1) is 18.8 Å². The Hall–Kier alpha value is -1.67. The van der Waals surface area contributed by atoms with Crippen molar-refractivity contribution in [3.63, 3.8) is 0 Å². The van der Waals surface area contributed by atoms with Crippen molar-refractivity contribution < 1.29 is 24.5 Å².